The molecule has 1 N–H and O–H groups in total. The summed E-state index contributed by atoms with van der Waals surface area (Å²) in [7, 11) is 0. The fraction of sp³-hybridized carbons (Fsp3) is 0.571. The third kappa shape index (κ3) is 6.18. The number of rotatable bonds is 5. The van der Waals surface area contributed by atoms with Crippen molar-refractivity contribution in [3.05, 3.63) is 10.2 Å². The van der Waals surface area contributed by atoms with Gasteiger partial charge >= 0.3 is 0 Å². The van der Waals surface area contributed by atoms with Crippen molar-refractivity contribution in [1.82, 2.24) is 5.32 Å². The van der Waals surface area contributed by atoms with Crippen molar-refractivity contribution in [2.75, 3.05) is 13.1 Å². The minimum atomic E-state index is 0.0424. The first-order valence-electron chi connectivity index (χ1n) is 3.08. The molecule has 0 radical (unpaired) electrons. The van der Waals surface area contributed by atoms with Gasteiger partial charge in [-0.1, -0.05) is 38.7 Å². The Bertz CT molecular complexity index is 99.1. The van der Waals surface area contributed by atoms with Crippen molar-refractivity contribution in [2.24, 2.45) is 0 Å². The van der Waals surface area contributed by atoms with E-state index in [1.807, 2.05) is 0 Å². The Hall–Kier alpha value is 0.300. The van der Waals surface area contributed by atoms with Gasteiger partial charge in [-0.2, -0.15) is 0 Å². The van der Waals surface area contributed by atoms with E-state index in [4.69, 9.17) is 0 Å². The second-order valence-corrected chi connectivity index (χ2v) is 4.04. The van der Waals surface area contributed by atoms with E-state index in [2.05, 4.69) is 23.3 Å². The molecule has 0 fully saturated rings. The van der Waals surface area contributed by atoms with Crippen LogP contribution in [0.15, 0.2) is 10.2 Å². The van der Waals surface area contributed by atoms with Crippen LogP contribution in [0.25, 0.3) is 0 Å². The van der Waals surface area contributed by atoms with Gasteiger partial charge in [0.05, 0.1) is 0 Å². The van der Waals surface area contributed by atoms with Crippen LogP contribution in [0.2, 0.25) is 0 Å². The third-order valence-electron chi connectivity index (χ3n) is 1.01. The summed E-state index contributed by atoms with van der Waals surface area (Å²) < 4.78 is 5.19. The molecule has 0 bridgehead atoms. The van der Waals surface area contributed by atoms with Crippen LogP contribution in [0.3, 0.4) is 0 Å². The van der Waals surface area contributed by atoms with Crippen molar-refractivity contribution in [3.8, 4) is 0 Å². The van der Waals surface area contributed by atoms with Gasteiger partial charge in [0, 0.05) is 0 Å². The Balaban J connectivity index is 3.07. The first kappa shape index (κ1) is 9.30. The van der Waals surface area contributed by atoms with Crippen LogP contribution < -0.4 is 5.32 Å². The second kappa shape index (κ2) is 6.42. The van der Waals surface area contributed by atoms with E-state index in [1.165, 1.54) is 3.58 Å². The van der Waals surface area contributed by atoms with Crippen LogP contribution in [-0.4, -0.2) is 17.6 Å². The van der Waals surface area contributed by atoms with Gasteiger partial charge in [0.1, 0.15) is 0 Å². The molecule has 54 valence electrons. The zero-order valence-electron chi connectivity index (χ0n) is 5.91. The first-order chi connectivity index (χ1) is 4.31. The quantitative estimate of drug-likeness (QED) is 0.570. The van der Waals surface area contributed by atoms with Gasteiger partial charge in [0.15, 0.2) is 0 Å². The summed E-state index contributed by atoms with van der Waals surface area (Å²) in [4.78, 5) is 0. The topological polar surface area (TPSA) is 12.0 Å². The zero-order chi connectivity index (χ0) is 7.11. The van der Waals surface area contributed by atoms with Crippen LogP contribution in [0.5, 0.6) is 0 Å². The smallest absolute Gasteiger partial charge is 0.000437 e. The van der Waals surface area contributed by atoms with Crippen molar-refractivity contribution < 1.29 is 0 Å². The average Bonchev–Trinajstić information content (AvgIpc) is 1.89. The van der Waals surface area contributed by atoms with Crippen LogP contribution in [0.4, 0.5) is 0 Å². The van der Waals surface area contributed by atoms with Crippen molar-refractivity contribution in [1.29, 1.82) is 0 Å². The summed E-state index contributed by atoms with van der Waals surface area (Å²) in [6.45, 7) is 8.14. The van der Waals surface area contributed by atoms with Crippen LogP contribution in [0, 0.1) is 0 Å². The van der Waals surface area contributed by atoms with E-state index in [-0.39, 0.29) is 20.7 Å². The molecule has 0 aromatic rings. The molecule has 0 aromatic heterocycles. The van der Waals surface area contributed by atoms with Gasteiger partial charge in [-0.15, -0.1) is 0 Å². The standard InChI is InChI=1S/C7H14IN/c1-4-9-6-5-7(2)8-3/h9H,2-6H2,1H3. The maximum atomic E-state index is 3.89. The highest BCUT2D eigenvalue weighted by molar-refractivity contribution is 14.2. The molecule has 0 aliphatic carbocycles. The fourth-order valence-electron chi connectivity index (χ4n) is 0.468. The molecule has 0 rings (SSSR count). The third-order valence-corrected chi connectivity index (χ3v) is 2.63. The van der Waals surface area contributed by atoms with E-state index >= 15 is 0 Å². The molecule has 0 aromatic carbocycles. The van der Waals surface area contributed by atoms with Gasteiger partial charge in [0.25, 0.3) is 0 Å². The minimum absolute atomic E-state index is 0.0424. The number of hydrogen-bond acceptors (Lipinski definition) is 1. The van der Waals surface area contributed by atoms with Gasteiger partial charge < -0.3 is 5.32 Å². The Morgan fingerprint density at radius 3 is 2.78 bits per heavy atom. The first-order valence-corrected chi connectivity index (χ1v) is 5.68. The number of hydrogen-bond donors (Lipinski definition) is 1. The van der Waals surface area contributed by atoms with Crippen molar-refractivity contribution >= 4 is 25.2 Å². The molecule has 2 heteroatoms. The SMILES string of the molecule is C=IC(=C)CCNCC. The van der Waals surface area contributed by atoms with E-state index in [1.54, 1.807) is 0 Å². The molecule has 0 atom stereocenters. The normalized spacial score (nSPS) is 9.44. The van der Waals surface area contributed by atoms with Gasteiger partial charge in [-0.3, -0.25) is 0 Å². The molecule has 0 aliphatic rings. The molecule has 0 saturated carbocycles. The Morgan fingerprint density at radius 2 is 2.33 bits per heavy atom. The predicted octanol–water partition coefficient (Wildman–Crippen LogP) is 1.90. The Morgan fingerprint density at radius 1 is 1.67 bits per heavy atom. The van der Waals surface area contributed by atoms with Crippen LogP contribution in [0.1, 0.15) is 13.3 Å². The summed E-state index contributed by atoms with van der Waals surface area (Å²) in [5, 5.41) is 3.24. The monoisotopic (exact) mass is 239 g/mol. The highest BCUT2D eigenvalue weighted by Gasteiger charge is 1.85. The lowest BCUT2D eigenvalue weighted by molar-refractivity contribution is 0.726. The van der Waals surface area contributed by atoms with E-state index in [9.17, 15) is 0 Å². The maximum absolute atomic E-state index is 3.89. The lowest BCUT2D eigenvalue weighted by Crippen LogP contribution is -2.13. The zero-order valence-corrected chi connectivity index (χ0v) is 8.07. The summed E-state index contributed by atoms with van der Waals surface area (Å²) in [6.07, 6.45) is 1.12. The van der Waals surface area contributed by atoms with Crippen LogP contribution >= 0.6 is 20.7 Å². The largest absolute Gasteiger partial charge is 0.317 e. The Labute approximate surface area is 67.3 Å². The average molecular weight is 239 g/mol. The lowest BCUT2D eigenvalue weighted by atomic mass is 10.4. The van der Waals surface area contributed by atoms with Crippen LogP contribution in [-0.2, 0) is 0 Å². The summed E-state index contributed by atoms with van der Waals surface area (Å²) in [6, 6.07) is 0. The van der Waals surface area contributed by atoms with Crippen molar-refractivity contribution in [3.63, 3.8) is 0 Å². The highest BCUT2D eigenvalue weighted by Crippen LogP contribution is 2.11. The fourth-order valence-corrected chi connectivity index (χ4v) is 1.12. The van der Waals surface area contributed by atoms with E-state index in [0.717, 1.165) is 19.5 Å². The predicted molar refractivity (Wildman–Crippen MR) is 53.4 cm³/mol. The molecular weight excluding hydrogens is 225 g/mol. The van der Waals surface area contributed by atoms with Gasteiger partial charge in [-0.25, -0.2) is 0 Å². The molecule has 1 nitrogen and oxygen atoms in total. The molecule has 9 heavy (non-hydrogen) atoms. The van der Waals surface area contributed by atoms with Gasteiger partial charge in [-0.05, 0) is 23.1 Å². The van der Waals surface area contributed by atoms with E-state index < -0.39 is 0 Å². The summed E-state index contributed by atoms with van der Waals surface area (Å²) >= 11 is 0.0424. The maximum Gasteiger partial charge on any atom is -0.000437 e. The van der Waals surface area contributed by atoms with Gasteiger partial charge in [0.2, 0.25) is 0 Å². The van der Waals surface area contributed by atoms with E-state index in [0.29, 0.717) is 0 Å². The molecule has 0 heterocycles. The number of nitrogens with one attached hydrogen (secondary N) is 1. The molecule has 0 unspecified atom stereocenters. The lowest BCUT2D eigenvalue weighted by Gasteiger charge is -1.98. The second-order valence-electron chi connectivity index (χ2n) is 1.75. The molecule has 0 aliphatic heterocycles. The Kier molecular flexibility index (Phi) is 6.63. The number of halogens is 1. The minimum Gasteiger partial charge on any atom is -0.317 e. The molecule has 0 spiro atoms. The molecule has 0 saturated heterocycles. The van der Waals surface area contributed by atoms with Crippen molar-refractivity contribution in [2.45, 2.75) is 13.3 Å². The molecular formula is C7H14IN. The highest BCUT2D eigenvalue weighted by atomic mass is 127. The summed E-state index contributed by atoms with van der Waals surface area (Å²) in [5.74, 6) is 0. The summed E-state index contributed by atoms with van der Waals surface area (Å²) in [5.41, 5.74) is 0. The molecule has 0 amide bonds.